The SMILES string of the molecule is COC(=O)C1CCC(C(=O)NC[C@H](C)O)CC1. The van der Waals surface area contributed by atoms with Crippen LogP contribution in [-0.2, 0) is 14.3 Å². The molecular weight excluding hydrogens is 222 g/mol. The lowest BCUT2D eigenvalue weighted by Crippen LogP contribution is -2.37. The van der Waals surface area contributed by atoms with Crippen molar-refractivity contribution in [2.75, 3.05) is 13.7 Å². The summed E-state index contributed by atoms with van der Waals surface area (Å²) < 4.78 is 4.69. The molecule has 0 aromatic heterocycles. The Kier molecular flexibility index (Phi) is 5.41. The molecule has 0 bridgehead atoms. The third-order valence-corrected chi connectivity index (χ3v) is 3.20. The highest BCUT2D eigenvalue weighted by molar-refractivity contribution is 5.79. The van der Waals surface area contributed by atoms with Crippen LogP contribution in [0.3, 0.4) is 0 Å². The maximum atomic E-state index is 11.7. The van der Waals surface area contributed by atoms with Crippen molar-refractivity contribution in [1.82, 2.24) is 5.32 Å². The van der Waals surface area contributed by atoms with Crippen LogP contribution in [0.15, 0.2) is 0 Å². The van der Waals surface area contributed by atoms with Gasteiger partial charge in [0.1, 0.15) is 0 Å². The quantitative estimate of drug-likeness (QED) is 0.703. The Labute approximate surface area is 102 Å². The maximum Gasteiger partial charge on any atom is 0.308 e. The van der Waals surface area contributed by atoms with Crippen molar-refractivity contribution in [3.8, 4) is 0 Å². The van der Waals surface area contributed by atoms with Crippen molar-refractivity contribution in [1.29, 1.82) is 0 Å². The Balaban J connectivity index is 2.31. The van der Waals surface area contributed by atoms with Crippen LogP contribution in [0.5, 0.6) is 0 Å². The van der Waals surface area contributed by atoms with Gasteiger partial charge in [-0.1, -0.05) is 0 Å². The van der Waals surface area contributed by atoms with E-state index >= 15 is 0 Å². The highest BCUT2D eigenvalue weighted by Gasteiger charge is 2.30. The van der Waals surface area contributed by atoms with Gasteiger partial charge in [0, 0.05) is 12.5 Å². The molecule has 0 heterocycles. The monoisotopic (exact) mass is 243 g/mol. The zero-order valence-electron chi connectivity index (χ0n) is 10.4. The van der Waals surface area contributed by atoms with E-state index in [0.29, 0.717) is 25.7 Å². The molecule has 0 aliphatic heterocycles. The number of hydrogen-bond donors (Lipinski definition) is 2. The van der Waals surface area contributed by atoms with E-state index in [9.17, 15) is 9.59 Å². The van der Waals surface area contributed by atoms with Gasteiger partial charge in [0.15, 0.2) is 0 Å². The molecule has 1 rings (SSSR count). The summed E-state index contributed by atoms with van der Waals surface area (Å²) in [5, 5.41) is 11.8. The maximum absolute atomic E-state index is 11.7. The van der Waals surface area contributed by atoms with Gasteiger partial charge in [-0.2, -0.15) is 0 Å². The summed E-state index contributed by atoms with van der Waals surface area (Å²) in [6, 6.07) is 0. The first-order chi connectivity index (χ1) is 8.04. The lowest BCUT2D eigenvalue weighted by atomic mass is 9.81. The molecule has 1 aliphatic carbocycles. The first-order valence-corrected chi connectivity index (χ1v) is 6.08. The van der Waals surface area contributed by atoms with Gasteiger partial charge in [-0.05, 0) is 32.6 Å². The largest absolute Gasteiger partial charge is 0.469 e. The minimum atomic E-state index is -0.523. The highest BCUT2D eigenvalue weighted by Crippen LogP contribution is 2.29. The van der Waals surface area contributed by atoms with Gasteiger partial charge >= 0.3 is 5.97 Å². The molecule has 1 fully saturated rings. The Morgan fingerprint density at radius 3 is 2.29 bits per heavy atom. The molecule has 1 aliphatic rings. The van der Waals surface area contributed by atoms with E-state index < -0.39 is 6.10 Å². The Hall–Kier alpha value is -1.10. The van der Waals surface area contributed by atoms with Crippen LogP contribution in [0.4, 0.5) is 0 Å². The first kappa shape index (κ1) is 14.0. The van der Waals surface area contributed by atoms with Crippen LogP contribution >= 0.6 is 0 Å². The van der Waals surface area contributed by atoms with Gasteiger partial charge in [-0.25, -0.2) is 0 Å². The molecule has 0 saturated heterocycles. The Morgan fingerprint density at radius 1 is 1.29 bits per heavy atom. The standard InChI is InChI=1S/C12H21NO4/c1-8(14)7-13-11(15)9-3-5-10(6-4-9)12(16)17-2/h8-10,14H,3-7H2,1-2H3,(H,13,15)/t8-,9?,10?/m0/s1. The smallest absolute Gasteiger partial charge is 0.308 e. The predicted octanol–water partition coefficient (Wildman–Crippen LogP) is 0.463. The van der Waals surface area contributed by atoms with Crippen molar-refractivity contribution in [3.63, 3.8) is 0 Å². The molecule has 0 aromatic carbocycles. The number of aliphatic hydroxyl groups is 1. The second-order valence-corrected chi connectivity index (χ2v) is 4.67. The summed E-state index contributed by atoms with van der Waals surface area (Å²) >= 11 is 0. The third kappa shape index (κ3) is 4.34. The van der Waals surface area contributed by atoms with Crippen LogP contribution in [0.25, 0.3) is 0 Å². The fraction of sp³-hybridized carbons (Fsp3) is 0.833. The number of rotatable bonds is 4. The van der Waals surface area contributed by atoms with Crippen LogP contribution in [-0.4, -0.2) is 36.7 Å². The van der Waals surface area contributed by atoms with Crippen molar-refractivity contribution in [3.05, 3.63) is 0 Å². The van der Waals surface area contributed by atoms with E-state index in [0.717, 1.165) is 0 Å². The normalized spacial score (nSPS) is 26.1. The van der Waals surface area contributed by atoms with E-state index in [4.69, 9.17) is 9.84 Å². The van der Waals surface area contributed by atoms with Gasteiger partial charge in [0.25, 0.3) is 0 Å². The number of hydrogen-bond acceptors (Lipinski definition) is 4. The van der Waals surface area contributed by atoms with Crippen molar-refractivity contribution < 1.29 is 19.4 Å². The average molecular weight is 243 g/mol. The van der Waals surface area contributed by atoms with Crippen molar-refractivity contribution in [2.24, 2.45) is 11.8 Å². The molecule has 1 saturated carbocycles. The molecule has 5 heteroatoms. The van der Waals surface area contributed by atoms with E-state index in [1.807, 2.05) is 0 Å². The number of carbonyl (C=O) groups is 2. The molecule has 0 spiro atoms. The summed E-state index contributed by atoms with van der Waals surface area (Å²) in [5.74, 6) is -0.280. The van der Waals surface area contributed by atoms with Gasteiger partial charge in [0.05, 0.1) is 19.1 Å². The Morgan fingerprint density at radius 2 is 1.82 bits per heavy atom. The number of esters is 1. The molecule has 1 atom stereocenters. The molecule has 17 heavy (non-hydrogen) atoms. The summed E-state index contributed by atoms with van der Waals surface area (Å²) in [5.41, 5.74) is 0. The molecular formula is C12H21NO4. The predicted molar refractivity (Wildman–Crippen MR) is 62.2 cm³/mol. The molecule has 1 amide bonds. The minimum Gasteiger partial charge on any atom is -0.469 e. The third-order valence-electron chi connectivity index (χ3n) is 3.20. The second kappa shape index (κ2) is 6.59. The zero-order chi connectivity index (χ0) is 12.8. The van der Waals surface area contributed by atoms with Crippen molar-refractivity contribution >= 4 is 11.9 Å². The molecule has 2 N–H and O–H groups in total. The Bertz CT molecular complexity index is 270. The van der Waals surface area contributed by atoms with Gasteiger partial charge in [-0.3, -0.25) is 9.59 Å². The average Bonchev–Trinajstić information content (AvgIpc) is 2.35. The number of nitrogens with one attached hydrogen (secondary N) is 1. The van der Waals surface area contributed by atoms with E-state index in [1.54, 1.807) is 6.92 Å². The summed E-state index contributed by atoms with van der Waals surface area (Å²) in [6.07, 6.45) is 2.32. The van der Waals surface area contributed by atoms with E-state index in [1.165, 1.54) is 7.11 Å². The summed E-state index contributed by atoms with van der Waals surface area (Å²) in [7, 11) is 1.39. The van der Waals surface area contributed by atoms with Gasteiger partial charge in [-0.15, -0.1) is 0 Å². The zero-order valence-corrected chi connectivity index (χ0v) is 10.4. The number of amides is 1. The molecule has 0 unspecified atom stereocenters. The van der Waals surface area contributed by atoms with Crippen LogP contribution in [0, 0.1) is 11.8 Å². The number of methoxy groups -OCH3 is 1. The fourth-order valence-corrected chi connectivity index (χ4v) is 2.15. The van der Waals surface area contributed by atoms with E-state index in [2.05, 4.69) is 5.32 Å². The molecule has 5 nitrogen and oxygen atoms in total. The van der Waals surface area contributed by atoms with Crippen molar-refractivity contribution in [2.45, 2.75) is 38.7 Å². The second-order valence-electron chi connectivity index (χ2n) is 4.67. The number of ether oxygens (including phenoxy) is 1. The van der Waals surface area contributed by atoms with Gasteiger partial charge in [0.2, 0.25) is 5.91 Å². The number of aliphatic hydroxyl groups excluding tert-OH is 1. The van der Waals surface area contributed by atoms with E-state index in [-0.39, 0.29) is 30.3 Å². The van der Waals surface area contributed by atoms with Crippen LogP contribution in [0.2, 0.25) is 0 Å². The lowest BCUT2D eigenvalue weighted by Gasteiger charge is -2.26. The molecule has 0 aromatic rings. The molecule has 0 radical (unpaired) electrons. The van der Waals surface area contributed by atoms with Crippen LogP contribution in [0.1, 0.15) is 32.6 Å². The lowest BCUT2D eigenvalue weighted by molar-refractivity contribution is -0.147. The molecule has 98 valence electrons. The topological polar surface area (TPSA) is 75.6 Å². The fourth-order valence-electron chi connectivity index (χ4n) is 2.15. The first-order valence-electron chi connectivity index (χ1n) is 6.08. The van der Waals surface area contributed by atoms with Crippen LogP contribution < -0.4 is 5.32 Å². The number of carbonyl (C=O) groups excluding carboxylic acids is 2. The van der Waals surface area contributed by atoms with Gasteiger partial charge < -0.3 is 15.2 Å². The highest BCUT2D eigenvalue weighted by atomic mass is 16.5. The summed E-state index contributed by atoms with van der Waals surface area (Å²) in [4.78, 5) is 23.0. The summed E-state index contributed by atoms with van der Waals surface area (Å²) in [6.45, 7) is 1.92. The minimum absolute atomic E-state index is 0.0192.